The topological polar surface area (TPSA) is 32.8 Å². The Morgan fingerprint density at radius 1 is 1.21 bits per heavy atom. The van der Waals surface area contributed by atoms with E-state index in [0.29, 0.717) is 17.9 Å². The number of nitrogens with zero attached hydrogens (tertiary/aromatic N) is 2. The molecule has 0 unspecified atom stereocenters. The molecule has 4 nitrogen and oxygen atoms in total. The van der Waals surface area contributed by atoms with Crippen LogP contribution in [0.25, 0.3) is 0 Å². The molecule has 4 heteroatoms. The van der Waals surface area contributed by atoms with Gasteiger partial charge < -0.3 is 14.5 Å². The van der Waals surface area contributed by atoms with Gasteiger partial charge in [0, 0.05) is 37.7 Å². The minimum Gasteiger partial charge on any atom is -0.497 e. The average Bonchev–Trinajstić information content (AvgIpc) is 3.18. The fourth-order valence-electron chi connectivity index (χ4n) is 4.22. The molecule has 0 bridgehead atoms. The molecule has 0 aliphatic carbocycles. The van der Waals surface area contributed by atoms with E-state index in [9.17, 15) is 4.79 Å². The molecule has 4 rings (SSSR count). The van der Waals surface area contributed by atoms with Crippen LogP contribution < -0.4 is 4.90 Å². The van der Waals surface area contributed by atoms with E-state index in [1.807, 2.05) is 11.2 Å². The second-order valence-corrected chi connectivity index (χ2v) is 7.14. The summed E-state index contributed by atoms with van der Waals surface area (Å²) in [7, 11) is 0. The first-order valence-corrected chi connectivity index (χ1v) is 9.23. The zero-order valence-corrected chi connectivity index (χ0v) is 14.2. The Bertz CT molecular complexity index is 628. The van der Waals surface area contributed by atoms with Gasteiger partial charge in [-0.05, 0) is 43.4 Å². The van der Waals surface area contributed by atoms with Gasteiger partial charge in [0.1, 0.15) is 6.10 Å². The summed E-state index contributed by atoms with van der Waals surface area (Å²) in [6.45, 7) is 3.85. The molecular formula is C20H26N2O2. The van der Waals surface area contributed by atoms with Crippen LogP contribution in [-0.2, 0) is 9.53 Å². The molecule has 0 spiro atoms. The molecule has 1 amide bonds. The predicted octanol–water partition coefficient (Wildman–Crippen LogP) is 3.30. The van der Waals surface area contributed by atoms with Gasteiger partial charge in [-0.15, -0.1) is 0 Å². The normalized spacial score (nSPS) is 25.9. The third-order valence-electron chi connectivity index (χ3n) is 5.52. The molecule has 128 valence electrons. The van der Waals surface area contributed by atoms with Crippen LogP contribution in [0.1, 0.15) is 43.6 Å². The van der Waals surface area contributed by atoms with Gasteiger partial charge >= 0.3 is 0 Å². The van der Waals surface area contributed by atoms with E-state index in [2.05, 4.69) is 35.2 Å². The SMILES string of the molecule is O=C1CCCN1CC[C@H]1CN(C[C@H]2CCC=CO2)c2ccccc21. The number of benzene rings is 1. The van der Waals surface area contributed by atoms with E-state index in [-0.39, 0.29) is 0 Å². The van der Waals surface area contributed by atoms with Crippen molar-refractivity contribution >= 4 is 11.6 Å². The minimum absolute atomic E-state index is 0.293. The molecule has 3 aliphatic heterocycles. The number of ether oxygens (including phenoxy) is 1. The van der Waals surface area contributed by atoms with Gasteiger partial charge in [-0.25, -0.2) is 0 Å². The third-order valence-corrected chi connectivity index (χ3v) is 5.52. The molecule has 0 saturated carbocycles. The van der Waals surface area contributed by atoms with Gasteiger partial charge in [0.15, 0.2) is 0 Å². The minimum atomic E-state index is 0.293. The average molecular weight is 326 g/mol. The number of hydrogen-bond acceptors (Lipinski definition) is 3. The number of anilines is 1. The Balaban J connectivity index is 1.42. The van der Waals surface area contributed by atoms with E-state index in [1.165, 1.54) is 11.3 Å². The van der Waals surface area contributed by atoms with Crippen LogP contribution in [0.3, 0.4) is 0 Å². The monoisotopic (exact) mass is 326 g/mol. The number of rotatable bonds is 5. The lowest BCUT2D eigenvalue weighted by Crippen LogP contribution is -2.34. The first kappa shape index (κ1) is 15.6. The molecule has 2 atom stereocenters. The summed E-state index contributed by atoms with van der Waals surface area (Å²) in [6, 6.07) is 8.75. The largest absolute Gasteiger partial charge is 0.497 e. The van der Waals surface area contributed by atoms with Crippen molar-refractivity contribution in [1.29, 1.82) is 0 Å². The number of fused-ring (bicyclic) bond motifs is 1. The number of amides is 1. The molecule has 1 fully saturated rings. The number of para-hydroxylation sites is 1. The summed E-state index contributed by atoms with van der Waals surface area (Å²) in [4.78, 5) is 16.4. The van der Waals surface area contributed by atoms with Gasteiger partial charge in [-0.1, -0.05) is 18.2 Å². The summed E-state index contributed by atoms with van der Waals surface area (Å²) in [5, 5.41) is 0. The number of carbonyl (C=O) groups is 1. The number of carbonyl (C=O) groups excluding carboxylic acids is 1. The maximum Gasteiger partial charge on any atom is 0.222 e. The van der Waals surface area contributed by atoms with Crippen LogP contribution in [0, 0.1) is 0 Å². The van der Waals surface area contributed by atoms with Gasteiger partial charge in [-0.2, -0.15) is 0 Å². The predicted molar refractivity (Wildman–Crippen MR) is 95.1 cm³/mol. The van der Waals surface area contributed by atoms with E-state index in [4.69, 9.17) is 4.74 Å². The van der Waals surface area contributed by atoms with Gasteiger partial charge in [0.2, 0.25) is 5.91 Å². The first-order chi connectivity index (χ1) is 11.8. The van der Waals surface area contributed by atoms with Crippen molar-refractivity contribution in [2.45, 2.75) is 44.1 Å². The van der Waals surface area contributed by atoms with Crippen LogP contribution in [0.15, 0.2) is 36.6 Å². The lowest BCUT2D eigenvalue weighted by atomic mass is 9.98. The Kier molecular flexibility index (Phi) is 4.46. The number of hydrogen-bond donors (Lipinski definition) is 0. The maximum absolute atomic E-state index is 11.8. The van der Waals surface area contributed by atoms with E-state index >= 15 is 0 Å². The Hall–Kier alpha value is -1.97. The molecule has 1 aromatic carbocycles. The highest BCUT2D eigenvalue weighted by Gasteiger charge is 2.31. The zero-order valence-electron chi connectivity index (χ0n) is 14.2. The van der Waals surface area contributed by atoms with Crippen molar-refractivity contribution in [2.75, 3.05) is 31.1 Å². The van der Waals surface area contributed by atoms with Crippen LogP contribution in [-0.4, -0.2) is 43.1 Å². The van der Waals surface area contributed by atoms with Crippen molar-refractivity contribution in [1.82, 2.24) is 4.90 Å². The fourth-order valence-corrected chi connectivity index (χ4v) is 4.22. The zero-order chi connectivity index (χ0) is 16.4. The van der Waals surface area contributed by atoms with Gasteiger partial charge in [-0.3, -0.25) is 4.79 Å². The lowest BCUT2D eigenvalue weighted by molar-refractivity contribution is -0.127. The van der Waals surface area contributed by atoms with Crippen LogP contribution in [0.2, 0.25) is 0 Å². The van der Waals surface area contributed by atoms with E-state index in [0.717, 1.165) is 58.3 Å². The summed E-state index contributed by atoms with van der Waals surface area (Å²) in [5.74, 6) is 0.856. The fraction of sp³-hybridized carbons (Fsp3) is 0.550. The second-order valence-electron chi connectivity index (χ2n) is 7.14. The van der Waals surface area contributed by atoms with E-state index in [1.54, 1.807) is 0 Å². The van der Waals surface area contributed by atoms with Crippen molar-refractivity contribution in [3.63, 3.8) is 0 Å². The Labute approximate surface area is 144 Å². The van der Waals surface area contributed by atoms with E-state index < -0.39 is 0 Å². The molecule has 24 heavy (non-hydrogen) atoms. The molecule has 0 aromatic heterocycles. The quantitative estimate of drug-likeness (QED) is 0.832. The maximum atomic E-state index is 11.8. The van der Waals surface area contributed by atoms with Crippen molar-refractivity contribution < 1.29 is 9.53 Å². The number of likely N-dealkylation sites (tertiary alicyclic amines) is 1. The van der Waals surface area contributed by atoms with Gasteiger partial charge in [0.25, 0.3) is 0 Å². The third kappa shape index (κ3) is 3.14. The summed E-state index contributed by atoms with van der Waals surface area (Å²) >= 11 is 0. The highest BCUT2D eigenvalue weighted by Crippen LogP contribution is 2.38. The molecule has 0 N–H and O–H groups in total. The number of allylic oxidation sites excluding steroid dienone is 1. The first-order valence-electron chi connectivity index (χ1n) is 9.23. The highest BCUT2D eigenvalue weighted by molar-refractivity contribution is 5.78. The lowest BCUT2D eigenvalue weighted by Gasteiger charge is -2.27. The highest BCUT2D eigenvalue weighted by atomic mass is 16.5. The molecule has 1 saturated heterocycles. The smallest absolute Gasteiger partial charge is 0.222 e. The Morgan fingerprint density at radius 2 is 2.12 bits per heavy atom. The van der Waals surface area contributed by atoms with Crippen molar-refractivity contribution in [3.8, 4) is 0 Å². The molecule has 3 heterocycles. The standard InChI is InChI=1S/C20H26N2O2/c23-20-9-5-11-21(20)12-10-16-14-22(15-17-6-3-4-13-24-17)19-8-2-1-7-18(16)19/h1-2,4,7-8,13,16-17H,3,5-6,9-12,14-15H2/t16-,17+/m0/s1. The second kappa shape index (κ2) is 6.88. The molecular weight excluding hydrogens is 300 g/mol. The molecule has 1 aromatic rings. The Morgan fingerprint density at radius 3 is 2.92 bits per heavy atom. The summed E-state index contributed by atoms with van der Waals surface area (Å²) in [5.41, 5.74) is 2.80. The van der Waals surface area contributed by atoms with Crippen molar-refractivity contribution in [3.05, 3.63) is 42.2 Å². The van der Waals surface area contributed by atoms with Crippen LogP contribution >= 0.6 is 0 Å². The summed E-state index contributed by atoms with van der Waals surface area (Å²) < 4.78 is 5.77. The molecule has 0 radical (unpaired) electrons. The van der Waals surface area contributed by atoms with Crippen molar-refractivity contribution in [2.24, 2.45) is 0 Å². The van der Waals surface area contributed by atoms with Crippen LogP contribution in [0.4, 0.5) is 5.69 Å². The summed E-state index contributed by atoms with van der Waals surface area (Å²) in [6.07, 6.45) is 9.28. The molecule has 3 aliphatic rings. The van der Waals surface area contributed by atoms with Crippen LogP contribution in [0.5, 0.6) is 0 Å². The van der Waals surface area contributed by atoms with Gasteiger partial charge in [0.05, 0.1) is 12.8 Å².